The van der Waals surface area contributed by atoms with Crippen LogP contribution in [0.3, 0.4) is 0 Å². The number of carbonyl (C=O) groups is 1. The Balaban J connectivity index is 2.58. The molecule has 0 aliphatic rings. The molecule has 3 nitrogen and oxygen atoms in total. The third-order valence-corrected chi connectivity index (χ3v) is 3.76. The van der Waals surface area contributed by atoms with Gasteiger partial charge < -0.3 is 0 Å². The van der Waals surface area contributed by atoms with E-state index in [9.17, 15) is 4.79 Å². The minimum absolute atomic E-state index is 0.222. The third kappa shape index (κ3) is 2.41. The molecule has 0 bridgehead atoms. The molecule has 98 valence electrons. The van der Waals surface area contributed by atoms with E-state index in [1.807, 2.05) is 18.2 Å². The first-order valence-electron chi connectivity index (χ1n) is 6.61. The molecule has 1 aromatic heterocycles. The van der Waals surface area contributed by atoms with E-state index >= 15 is 0 Å². The molecule has 19 heavy (non-hydrogen) atoms. The quantitative estimate of drug-likeness (QED) is 0.768. The molecule has 0 atom stereocenters. The summed E-state index contributed by atoms with van der Waals surface area (Å²) in [7, 11) is 0. The van der Waals surface area contributed by atoms with Crippen molar-refractivity contribution in [1.29, 1.82) is 0 Å². The van der Waals surface area contributed by atoms with Gasteiger partial charge >= 0.3 is 0 Å². The molecule has 0 fully saturated rings. The lowest BCUT2D eigenvalue weighted by Crippen LogP contribution is -2.29. The second-order valence-electron chi connectivity index (χ2n) is 4.58. The van der Waals surface area contributed by atoms with E-state index in [2.05, 4.69) is 35.9 Å². The van der Waals surface area contributed by atoms with Gasteiger partial charge in [0.15, 0.2) is 6.29 Å². The van der Waals surface area contributed by atoms with Gasteiger partial charge in [0.25, 0.3) is 0 Å². The Labute approximate surface area is 113 Å². The number of aromatic nitrogens is 2. The highest BCUT2D eigenvalue weighted by Gasteiger charge is 2.33. The summed E-state index contributed by atoms with van der Waals surface area (Å²) in [4.78, 5) is 19.7. The van der Waals surface area contributed by atoms with Crippen molar-refractivity contribution in [1.82, 2.24) is 9.97 Å². The van der Waals surface area contributed by atoms with Crippen molar-refractivity contribution in [2.24, 2.45) is 0 Å². The first-order valence-corrected chi connectivity index (χ1v) is 6.61. The van der Waals surface area contributed by atoms with Crippen LogP contribution in [-0.4, -0.2) is 16.3 Å². The Morgan fingerprint density at radius 2 is 1.79 bits per heavy atom. The van der Waals surface area contributed by atoms with Gasteiger partial charge in [-0.1, -0.05) is 44.2 Å². The lowest BCUT2D eigenvalue weighted by Gasteiger charge is -2.30. The highest BCUT2D eigenvalue weighted by Crippen LogP contribution is 2.36. The summed E-state index contributed by atoms with van der Waals surface area (Å²) in [6, 6.07) is 11.9. The van der Waals surface area contributed by atoms with Gasteiger partial charge in [-0.3, -0.25) is 4.79 Å². The summed E-state index contributed by atoms with van der Waals surface area (Å²) in [5.41, 5.74) is 1.41. The van der Waals surface area contributed by atoms with Gasteiger partial charge in [-0.05, 0) is 24.5 Å². The Kier molecular flexibility index (Phi) is 4.05. The molecule has 1 aromatic carbocycles. The predicted molar refractivity (Wildman–Crippen MR) is 75.2 cm³/mol. The molecule has 0 saturated heterocycles. The van der Waals surface area contributed by atoms with Crippen LogP contribution in [0.1, 0.15) is 48.6 Å². The fourth-order valence-corrected chi connectivity index (χ4v) is 2.53. The third-order valence-electron chi connectivity index (χ3n) is 3.76. The number of carbonyl (C=O) groups excluding carboxylic acids is 1. The first kappa shape index (κ1) is 13.4. The highest BCUT2D eigenvalue weighted by atomic mass is 16.1. The topological polar surface area (TPSA) is 42.9 Å². The van der Waals surface area contributed by atoms with E-state index < -0.39 is 0 Å². The highest BCUT2D eigenvalue weighted by molar-refractivity contribution is 5.71. The van der Waals surface area contributed by atoms with Crippen molar-refractivity contribution >= 4 is 6.29 Å². The fraction of sp³-hybridized carbons (Fsp3) is 0.312. The van der Waals surface area contributed by atoms with Crippen molar-refractivity contribution in [3.05, 3.63) is 59.7 Å². The standard InChI is InChI=1S/C16H18N2O/c1-3-16(4-2,13-8-6-5-7-9-13)15-17-11-10-14(12-19)18-15/h5-12H,3-4H2,1-2H3. The van der Waals surface area contributed by atoms with Crippen LogP contribution in [0.5, 0.6) is 0 Å². The zero-order valence-corrected chi connectivity index (χ0v) is 11.3. The van der Waals surface area contributed by atoms with Crippen molar-refractivity contribution in [2.45, 2.75) is 32.1 Å². The summed E-state index contributed by atoms with van der Waals surface area (Å²) in [5.74, 6) is 0.730. The van der Waals surface area contributed by atoms with Crippen molar-refractivity contribution in [3.63, 3.8) is 0 Å². The number of hydrogen-bond donors (Lipinski definition) is 0. The maximum absolute atomic E-state index is 10.9. The zero-order valence-electron chi connectivity index (χ0n) is 11.3. The maximum Gasteiger partial charge on any atom is 0.168 e. The molecule has 2 rings (SSSR count). The van der Waals surface area contributed by atoms with Gasteiger partial charge in [0.2, 0.25) is 0 Å². The van der Waals surface area contributed by atoms with E-state index in [1.54, 1.807) is 12.3 Å². The van der Waals surface area contributed by atoms with Gasteiger partial charge in [-0.15, -0.1) is 0 Å². The molecule has 1 heterocycles. The molecule has 0 N–H and O–H groups in total. The van der Waals surface area contributed by atoms with Crippen LogP contribution >= 0.6 is 0 Å². The minimum atomic E-state index is -0.222. The smallest absolute Gasteiger partial charge is 0.168 e. The molecule has 0 unspecified atom stereocenters. The van der Waals surface area contributed by atoms with E-state index in [4.69, 9.17) is 0 Å². The molecule has 3 heteroatoms. The Morgan fingerprint density at radius 1 is 1.11 bits per heavy atom. The Hall–Kier alpha value is -2.03. The van der Waals surface area contributed by atoms with Crippen molar-refractivity contribution < 1.29 is 4.79 Å². The number of aldehydes is 1. The second kappa shape index (κ2) is 5.74. The fourth-order valence-electron chi connectivity index (χ4n) is 2.53. The summed E-state index contributed by atoms with van der Waals surface area (Å²) < 4.78 is 0. The Morgan fingerprint density at radius 3 is 2.37 bits per heavy atom. The Bertz CT molecular complexity index is 548. The molecule has 0 aliphatic heterocycles. The van der Waals surface area contributed by atoms with Crippen LogP contribution in [0.25, 0.3) is 0 Å². The van der Waals surface area contributed by atoms with Crippen LogP contribution in [0.4, 0.5) is 0 Å². The van der Waals surface area contributed by atoms with Crippen LogP contribution in [0, 0.1) is 0 Å². The molecule has 0 amide bonds. The molecule has 0 aliphatic carbocycles. The van der Waals surface area contributed by atoms with Gasteiger partial charge in [0.1, 0.15) is 11.5 Å². The first-order chi connectivity index (χ1) is 9.26. The van der Waals surface area contributed by atoms with Gasteiger partial charge in [-0.25, -0.2) is 9.97 Å². The summed E-state index contributed by atoms with van der Waals surface area (Å²) in [6.45, 7) is 4.26. The average molecular weight is 254 g/mol. The maximum atomic E-state index is 10.9. The minimum Gasteiger partial charge on any atom is -0.296 e. The number of benzene rings is 1. The van der Waals surface area contributed by atoms with E-state index in [-0.39, 0.29) is 5.41 Å². The van der Waals surface area contributed by atoms with Crippen LogP contribution in [0.2, 0.25) is 0 Å². The zero-order chi connectivity index (χ0) is 13.7. The summed E-state index contributed by atoms with van der Waals surface area (Å²) >= 11 is 0. The van der Waals surface area contributed by atoms with E-state index in [1.165, 1.54) is 5.56 Å². The van der Waals surface area contributed by atoms with Gasteiger partial charge in [-0.2, -0.15) is 0 Å². The van der Waals surface area contributed by atoms with E-state index in [0.29, 0.717) is 5.69 Å². The lowest BCUT2D eigenvalue weighted by atomic mass is 9.75. The average Bonchev–Trinajstić information content (AvgIpc) is 2.50. The summed E-state index contributed by atoms with van der Waals surface area (Å²) in [5, 5.41) is 0. The van der Waals surface area contributed by atoms with Crippen molar-refractivity contribution in [2.75, 3.05) is 0 Å². The monoisotopic (exact) mass is 254 g/mol. The number of rotatable bonds is 5. The number of nitrogens with zero attached hydrogens (tertiary/aromatic N) is 2. The molecule has 0 saturated carbocycles. The van der Waals surface area contributed by atoms with Crippen molar-refractivity contribution in [3.8, 4) is 0 Å². The summed E-state index contributed by atoms with van der Waals surface area (Å²) in [6.07, 6.45) is 4.23. The molecular formula is C16H18N2O. The SMILES string of the molecule is CCC(CC)(c1ccccc1)c1nccc(C=O)n1. The lowest BCUT2D eigenvalue weighted by molar-refractivity contribution is 0.111. The van der Waals surface area contributed by atoms with Crippen LogP contribution < -0.4 is 0 Å². The number of hydrogen-bond acceptors (Lipinski definition) is 3. The van der Waals surface area contributed by atoms with E-state index in [0.717, 1.165) is 25.0 Å². The van der Waals surface area contributed by atoms with Crippen LogP contribution in [0.15, 0.2) is 42.6 Å². The van der Waals surface area contributed by atoms with Crippen LogP contribution in [-0.2, 0) is 5.41 Å². The molecule has 0 spiro atoms. The predicted octanol–water partition coefficient (Wildman–Crippen LogP) is 3.40. The van der Waals surface area contributed by atoms with Gasteiger partial charge in [0, 0.05) is 6.20 Å². The van der Waals surface area contributed by atoms with Gasteiger partial charge in [0.05, 0.1) is 5.41 Å². The normalized spacial score (nSPS) is 11.3. The largest absolute Gasteiger partial charge is 0.296 e. The molecule has 2 aromatic rings. The molecular weight excluding hydrogens is 236 g/mol. The second-order valence-corrected chi connectivity index (χ2v) is 4.58. The molecule has 0 radical (unpaired) electrons.